The van der Waals surface area contributed by atoms with Gasteiger partial charge in [0.25, 0.3) is 5.91 Å². The molecule has 3 amide bonds. The van der Waals surface area contributed by atoms with Crippen LogP contribution in [-0.4, -0.2) is 39.5 Å². The van der Waals surface area contributed by atoms with Crippen LogP contribution in [0.15, 0.2) is 53.1 Å². The molecule has 8 nitrogen and oxygen atoms in total. The number of piperidine rings is 1. The molecule has 156 valence electrons. The molecule has 1 aromatic carbocycles. The van der Waals surface area contributed by atoms with Crippen molar-refractivity contribution >= 4 is 28.5 Å². The largest absolute Gasteiger partial charge is 0.467 e. The third-order valence-corrected chi connectivity index (χ3v) is 5.84. The maximum absolute atomic E-state index is 12.7. The number of nitrogens with one attached hydrogen (secondary N) is 2. The van der Waals surface area contributed by atoms with Crippen LogP contribution in [0.3, 0.4) is 0 Å². The molecule has 0 bridgehead atoms. The Morgan fingerprint density at radius 2 is 1.93 bits per heavy atom. The van der Waals surface area contributed by atoms with Gasteiger partial charge >= 0.3 is 6.03 Å². The monoisotopic (exact) mass is 425 g/mol. The van der Waals surface area contributed by atoms with Gasteiger partial charge in [-0.2, -0.15) is 0 Å². The SMILES string of the molecule is O=C(NCc1ccco1)c1nnsc1NC(=O)N1CCC(Cc2ccccc2)CC1. The third-order valence-electron chi connectivity index (χ3n) is 5.20. The van der Waals surface area contributed by atoms with E-state index < -0.39 is 5.91 Å². The van der Waals surface area contributed by atoms with E-state index in [1.165, 1.54) is 5.56 Å². The average molecular weight is 426 g/mol. The van der Waals surface area contributed by atoms with Crippen LogP contribution in [0.4, 0.5) is 9.80 Å². The normalized spacial score (nSPS) is 14.5. The number of hydrogen-bond donors (Lipinski definition) is 2. The Kier molecular flexibility index (Phi) is 6.38. The summed E-state index contributed by atoms with van der Waals surface area (Å²) in [4.78, 5) is 26.8. The van der Waals surface area contributed by atoms with Crippen LogP contribution in [0.5, 0.6) is 0 Å². The van der Waals surface area contributed by atoms with E-state index in [0.29, 0.717) is 29.8 Å². The molecule has 2 N–H and O–H groups in total. The van der Waals surface area contributed by atoms with E-state index in [9.17, 15) is 9.59 Å². The molecule has 30 heavy (non-hydrogen) atoms. The molecule has 9 heteroatoms. The molecule has 4 rings (SSSR count). The van der Waals surface area contributed by atoms with Crippen molar-refractivity contribution in [2.24, 2.45) is 5.92 Å². The van der Waals surface area contributed by atoms with E-state index in [1.807, 2.05) is 6.07 Å². The van der Waals surface area contributed by atoms with E-state index >= 15 is 0 Å². The molecule has 0 saturated carbocycles. The van der Waals surface area contributed by atoms with Gasteiger partial charge in [-0.3, -0.25) is 10.1 Å². The van der Waals surface area contributed by atoms with E-state index in [0.717, 1.165) is 30.8 Å². The number of furan rings is 1. The molecule has 1 fully saturated rings. The number of rotatable bonds is 6. The standard InChI is InChI=1S/C21H23N5O3S/c27-19(22-14-17-7-4-12-29-17)18-20(30-25-24-18)23-21(28)26-10-8-16(9-11-26)13-15-5-2-1-3-6-15/h1-7,12,16H,8-11,13-14H2,(H,22,27)(H,23,28). The molecular formula is C21H23N5O3S. The number of carbonyl (C=O) groups is 2. The summed E-state index contributed by atoms with van der Waals surface area (Å²) < 4.78 is 9.02. The number of carbonyl (C=O) groups excluding carboxylic acids is 2. The van der Waals surface area contributed by atoms with Gasteiger partial charge in [-0.05, 0) is 42.9 Å². The van der Waals surface area contributed by atoms with Gasteiger partial charge in [-0.1, -0.05) is 34.8 Å². The van der Waals surface area contributed by atoms with Crippen molar-refractivity contribution in [3.05, 3.63) is 65.7 Å². The number of urea groups is 1. The van der Waals surface area contributed by atoms with Crippen LogP contribution in [0.1, 0.15) is 34.7 Å². The fourth-order valence-corrected chi connectivity index (χ4v) is 4.11. The third kappa shape index (κ3) is 5.04. The zero-order valence-corrected chi connectivity index (χ0v) is 17.2. The average Bonchev–Trinajstić information content (AvgIpc) is 3.45. The molecular weight excluding hydrogens is 402 g/mol. The molecule has 1 saturated heterocycles. The minimum absolute atomic E-state index is 0.110. The lowest BCUT2D eigenvalue weighted by Crippen LogP contribution is -2.41. The minimum Gasteiger partial charge on any atom is -0.467 e. The Bertz CT molecular complexity index is 966. The molecule has 2 aromatic heterocycles. The topological polar surface area (TPSA) is 100 Å². The predicted octanol–water partition coefficient (Wildman–Crippen LogP) is 3.55. The van der Waals surface area contributed by atoms with E-state index in [4.69, 9.17) is 4.42 Å². The lowest BCUT2D eigenvalue weighted by atomic mass is 9.90. The van der Waals surface area contributed by atoms with Crippen molar-refractivity contribution < 1.29 is 14.0 Å². The van der Waals surface area contributed by atoms with Crippen LogP contribution in [-0.2, 0) is 13.0 Å². The van der Waals surface area contributed by atoms with Gasteiger partial charge in [0.1, 0.15) is 5.76 Å². The first-order valence-corrected chi connectivity index (χ1v) is 10.7. The van der Waals surface area contributed by atoms with Gasteiger partial charge in [0.15, 0.2) is 10.7 Å². The van der Waals surface area contributed by atoms with Gasteiger partial charge < -0.3 is 14.6 Å². The molecule has 0 aliphatic carbocycles. The maximum atomic E-state index is 12.7. The molecule has 0 unspecified atom stereocenters. The van der Waals surface area contributed by atoms with Crippen LogP contribution >= 0.6 is 11.5 Å². The number of hydrogen-bond acceptors (Lipinski definition) is 6. The smallest absolute Gasteiger partial charge is 0.322 e. The van der Waals surface area contributed by atoms with Gasteiger partial charge in [0.2, 0.25) is 0 Å². The number of benzene rings is 1. The van der Waals surface area contributed by atoms with Crippen LogP contribution in [0, 0.1) is 5.92 Å². The highest BCUT2D eigenvalue weighted by atomic mass is 32.1. The summed E-state index contributed by atoms with van der Waals surface area (Å²) >= 11 is 0.992. The minimum atomic E-state index is -0.406. The van der Waals surface area contributed by atoms with Crippen LogP contribution in [0.25, 0.3) is 0 Å². The highest BCUT2D eigenvalue weighted by molar-refractivity contribution is 7.10. The first kappa shape index (κ1) is 20.1. The zero-order chi connectivity index (χ0) is 20.8. The van der Waals surface area contributed by atoms with Gasteiger partial charge in [-0.25, -0.2) is 4.79 Å². The number of amides is 3. The lowest BCUT2D eigenvalue weighted by molar-refractivity contribution is 0.0944. The Morgan fingerprint density at radius 3 is 2.67 bits per heavy atom. The summed E-state index contributed by atoms with van der Waals surface area (Å²) in [5, 5.41) is 9.73. The highest BCUT2D eigenvalue weighted by Gasteiger charge is 2.25. The van der Waals surface area contributed by atoms with Gasteiger partial charge in [0, 0.05) is 24.6 Å². The first-order valence-electron chi connectivity index (χ1n) is 9.92. The number of nitrogens with zero attached hydrogens (tertiary/aromatic N) is 3. The maximum Gasteiger partial charge on any atom is 0.322 e. The van der Waals surface area contributed by atoms with E-state index in [2.05, 4.69) is 44.5 Å². The highest BCUT2D eigenvalue weighted by Crippen LogP contribution is 2.23. The number of likely N-dealkylation sites (tertiary alicyclic amines) is 1. The van der Waals surface area contributed by atoms with Crippen molar-refractivity contribution in [2.45, 2.75) is 25.8 Å². The van der Waals surface area contributed by atoms with Gasteiger partial charge in [0.05, 0.1) is 12.8 Å². The summed E-state index contributed by atoms with van der Waals surface area (Å²) in [6.07, 6.45) is 4.50. The van der Waals surface area contributed by atoms with E-state index in [-0.39, 0.29) is 18.3 Å². The van der Waals surface area contributed by atoms with Crippen molar-refractivity contribution in [1.82, 2.24) is 19.8 Å². The summed E-state index contributed by atoms with van der Waals surface area (Å²) in [6, 6.07) is 13.7. The Labute approximate surface area is 178 Å². The number of anilines is 1. The van der Waals surface area contributed by atoms with Crippen molar-refractivity contribution in [3.63, 3.8) is 0 Å². The van der Waals surface area contributed by atoms with Crippen molar-refractivity contribution in [3.8, 4) is 0 Å². The molecule has 0 spiro atoms. The molecule has 1 aliphatic heterocycles. The fourth-order valence-electron chi connectivity index (χ4n) is 3.55. The molecule has 0 radical (unpaired) electrons. The second-order valence-electron chi connectivity index (χ2n) is 7.26. The number of aromatic nitrogens is 2. The summed E-state index contributed by atoms with van der Waals surface area (Å²) in [7, 11) is 0. The zero-order valence-electron chi connectivity index (χ0n) is 16.4. The second-order valence-corrected chi connectivity index (χ2v) is 8.02. The fraction of sp³-hybridized carbons (Fsp3) is 0.333. The lowest BCUT2D eigenvalue weighted by Gasteiger charge is -2.32. The summed E-state index contributed by atoms with van der Waals surface area (Å²) in [6.45, 7) is 1.62. The van der Waals surface area contributed by atoms with Crippen molar-refractivity contribution in [2.75, 3.05) is 18.4 Å². The Morgan fingerprint density at radius 1 is 1.13 bits per heavy atom. The quantitative estimate of drug-likeness (QED) is 0.629. The van der Waals surface area contributed by atoms with Crippen molar-refractivity contribution in [1.29, 1.82) is 0 Å². The molecule has 3 heterocycles. The van der Waals surface area contributed by atoms with Gasteiger partial charge in [-0.15, -0.1) is 5.10 Å². The Hall–Kier alpha value is -3.20. The first-order chi connectivity index (χ1) is 14.7. The van der Waals surface area contributed by atoms with Crippen LogP contribution in [0.2, 0.25) is 0 Å². The predicted molar refractivity (Wildman–Crippen MR) is 113 cm³/mol. The summed E-state index contributed by atoms with van der Waals surface area (Å²) in [5.74, 6) is 0.803. The molecule has 1 aliphatic rings. The summed E-state index contributed by atoms with van der Waals surface area (Å²) in [5.41, 5.74) is 1.44. The van der Waals surface area contributed by atoms with E-state index in [1.54, 1.807) is 23.3 Å². The Balaban J connectivity index is 1.27. The molecule has 3 aromatic rings. The second kappa shape index (κ2) is 9.53. The van der Waals surface area contributed by atoms with Crippen LogP contribution < -0.4 is 10.6 Å². The molecule has 0 atom stereocenters.